The summed E-state index contributed by atoms with van der Waals surface area (Å²) in [4.78, 5) is 26.1. The largest absolute Gasteiger partial charge is 0.289 e. The minimum absolute atomic E-state index is 0.0475. The smallest absolute Gasteiger partial charge is 0.194 e. The number of benzene rings is 2. The lowest BCUT2D eigenvalue weighted by atomic mass is 9.97. The van der Waals surface area contributed by atoms with Gasteiger partial charge in [0.15, 0.2) is 10.9 Å². The lowest BCUT2D eigenvalue weighted by molar-refractivity contribution is 0.865. The van der Waals surface area contributed by atoms with Crippen LogP contribution in [0.15, 0.2) is 46.0 Å². The van der Waals surface area contributed by atoms with E-state index in [1.54, 1.807) is 0 Å². The van der Waals surface area contributed by atoms with E-state index in [0.29, 0.717) is 10.8 Å². The number of hydrogen-bond acceptors (Lipinski definition) is 2. The summed E-state index contributed by atoms with van der Waals surface area (Å²) < 4.78 is 0. The molecule has 0 fully saturated rings. The van der Waals surface area contributed by atoms with Crippen LogP contribution in [0.3, 0.4) is 0 Å². The van der Waals surface area contributed by atoms with Crippen molar-refractivity contribution in [3.05, 3.63) is 68.0 Å². The first kappa shape index (κ1) is 15.1. The molecule has 0 aliphatic heterocycles. The molecule has 24 heavy (non-hydrogen) atoms. The zero-order valence-electron chi connectivity index (χ0n) is 14.1. The van der Waals surface area contributed by atoms with Gasteiger partial charge in [0.25, 0.3) is 0 Å². The lowest BCUT2D eigenvalue weighted by Crippen LogP contribution is -2.10. The van der Waals surface area contributed by atoms with Crippen molar-refractivity contribution in [2.24, 2.45) is 0 Å². The molecule has 0 amide bonds. The quantitative estimate of drug-likeness (QED) is 0.549. The van der Waals surface area contributed by atoms with Gasteiger partial charge in [-0.25, -0.2) is 0 Å². The minimum atomic E-state index is 0.0475. The van der Waals surface area contributed by atoms with E-state index >= 15 is 0 Å². The van der Waals surface area contributed by atoms with Gasteiger partial charge < -0.3 is 0 Å². The fourth-order valence-corrected chi connectivity index (χ4v) is 4.12. The van der Waals surface area contributed by atoms with E-state index < -0.39 is 0 Å². The Labute approximate surface area is 140 Å². The van der Waals surface area contributed by atoms with Crippen LogP contribution in [0.1, 0.15) is 37.8 Å². The van der Waals surface area contributed by atoms with Gasteiger partial charge in [-0.15, -0.1) is 0 Å². The van der Waals surface area contributed by atoms with Gasteiger partial charge in [0.05, 0.1) is 0 Å². The predicted molar refractivity (Wildman–Crippen MR) is 102 cm³/mol. The molecule has 0 N–H and O–H groups in total. The second kappa shape index (κ2) is 5.55. The average Bonchev–Trinajstić information content (AvgIpc) is 2.85. The first-order valence-corrected chi connectivity index (χ1v) is 8.77. The molecule has 0 aliphatic rings. The zero-order chi connectivity index (χ0) is 16.8. The highest BCUT2D eigenvalue weighted by atomic mass is 16.1. The van der Waals surface area contributed by atoms with Crippen LogP contribution in [0.2, 0.25) is 0 Å². The molecule has 4 rings (SSSR count). The van der Waals surface area contributed by atoms with Crippen molar-refractivity contribution in [1.82, 2.24) is 0 Å². The van der Waals surface area contributed by atoms with Crippen molar-refractivity contribution in [1.29, 1.82) is 0 Å². The van der Waals surface area contributed by atoms with Gasteiger partial charge in [-0.2, -0.15) is 0 Å². The second-order valence-electron chi connectivity index (χ2n) is 6.57. The normalized spacial score (nSPS) is 11.9. The summed E-state index contributed by atoms with van der Waals surface area (Å²) in [6.07, 6.45) is 3.58. The molecule has 0 atom stereocenters. The van der Waals surface area contributed by atoms with Gasteiger partial charge in [0, 0.05) is 32.5 Å². The van der Waals surface area contributed by atoms with Crippen molar-refractivity contribution >= 4 is 32.3 Å². The molecule has 4 aromatic carbocycles. The van der Waals surface area contributed by atoms with Crippen LogP contribution < -0.4 is 10.9 Å². The molecular weight excluding hydrogens is 296 g/mol. The van der Waals surface area contributed by atoms with E-state index in [0.717, 1.165) is 58.4 Å². The molecule has 0 aliphatic carbocycles. The Morgan fingerprint density at radius 2 is 1.08 bits per heavy atom. The van der Waals surface area contributed by atoms with Crippen LogP contribution in [-0.2, 0) is 12.8 Å². The number of hydrogen-bond donors (Lipinski definition) is 0. The van der Waals surface area contributed by atoms with Crippen LogP contribution >= 0.6 is 0 Å². The highest BCUT2D eigenvalue weighted by Crippen LogP contribution is 2.34. The maximum absolute atomic E-state index is 13.3. The zero-order valence-corrected chi connectivity index (χ0v) is 14.1. The third-order valence-electron chi connectivity index (χ3n) is 5.08. The van der Waals surface area contributed by atoms with Crippen LogP contribution in [0.5, 0.6) is 0 Å². The van der Waals surface area contributed by atoms with E-state index in [-0.39, 0.29) is 10.9 Å². The van der Waals surface area contributed by atoms with Gasteiger partial charge in [0.1, 0.15) is 0 Å². The molecular formula is C22H20O2. The second-order valence-corrected chi connectivity index (χ2v) is 6.57. The number of rotatable bonds is 4. The van der Waals surface area contributed by atoms with Crippen molar-refractivity contribution in [2.75, 3.05) is 0 Å². The fraction of sp³-hybridized carbons (Fsp3) is 0.273. The van der Waals surface area contributed by atoms with Crippen molar-refractivity contribution in [3.63, 3.8) is 0 Å². The Hall–Kier alpha value is -2.48. The van der Waals surface area contributed by atoms with Gasteiger partial charge >= 0.3 is 0 Å². The first-order chi connectivity index (χ1) is 11.7. The summed E-state index contributed by atoms with van der Waals surface area (Å²) in [7, 11) is 0. The molecule has 120 valence electrons. The predicted octanol–water partition coefficient (Wildman–Crippen LogP) is 4.65. The molecule has 0 radical (unpaired) electrons. The monoisotopic (exact) mass is 316 g/mol. The Bertz CT molecular complexity index is 1160. The highest BCUT2D eigenvalue weighted by molar-refractivity contribution is 6.25. The van der Waals surface area contributed by atoms with E-state index in [9.17, 15) is 9.59 Å². The lowest BCUT2D eigenvalue weighted by Gasteiger charge is -2.07. The third-order valence-corrected chi connectivity index (χ3v) is 5.08. The molecule has 0 unspecified atom stereocenters. The highest BCUT2D eigenvalue weighted by Gasteiger charge is 2.19. The Balaban J connectivity index is 2.42. The molecule has 4 aromatic rings. The molecule has 0 aromatic heterocycles. The van der Waals surface area contributed by atoms with Crippen LogP contribution in [0.25, 0.3) is 32.3 Å². The van der Waals surface area contributed by atoms with E-state index in [2.05, 4.69) is 19.9 Å². The summed E-state index contributed by atoms with van der Waals surface area (Å²) in [5, 5.41) is 5.05. The summed E-state index contributed by atoms with van der Waals surface area (Å²) in [6.45, 7) is 4.25. The molecule has 2 nitrogen and oxygen atoms in total. The molecule has 0 bridgehead atoms. The van der Waals surface area contributed by atoms with Crippen molar-refractivity contribution in [2.45, 2.75) is 39.5 Å². The Morgan fingerprint density at radius 1 is 0.625 bits per heavy atom. The summed E-state index contributed by atoms with van der Waals surface area (Å²) in [5.74, 6) is 0. The fourth-order valence-electron chi connectivity index (χ4n) is 4.12. The topological polar surface area (TPSA) is 34.1 Å². The molecule has 2 heteroatoms. The van der Waals surface area contributed by atoms with Crippen LogP contribution in [0, 0.1) is 0 Å². The summed E-state index contributed by atoms with van der Waals surface area (Å²) in [6, 6.07) is 11.5. The summed E-state index contributed by atoms with van der Waals surface area (Å²) in [5.41, 5.74) is 2.22. The van der Waals surface area contributed by atoms with Gasteiger partial charge in [-0.1, -0.05) is 63.1 Å². The molecule has 0 saturated heterocycles. The molecule has 0 heterocycles. The minimum Gasteiger partial charge on any atom is -0.289 e. The van der Waals surface area contributed by atoms with Crippen molar-refractivity contribution in [3.8, 4) is 0 Å². The van der Waals surface area contributed by atoms with Gasteiger partial charge in [-0.3, -0.25) is 9.59 Å². The van der Waals surface area contributed by atoms with E-state index in [1.165, 1.54) is 0 Å². The van der Waals surface area contributed by atoms with E-state index in [4.69, 9.17) is 0 Å². The Kier molecular flexibility index (Phi) is 3.49. The van der Waals surface area contributed by atoms with Crippen molar-refractivity contribution < 1.29 is 0 Å². The summed E-state index contributed by atoms with van der Waals surface area (Å²) >= 11 is 0. The van der Waals surface area contributed by atoms with E-state index in [1.807, 2.05) is 30.3 Å². The molecule has 0 spiro atoms. The SMILES string of the molecule is CCCc1c(CCC)c2cccc3c(=O)c4cccc(c1=O)c4c23. The van der Waals surface area contributed by atoms with Crippen LogP contribution in [0.4, 0.5) is 0 Å². The van der Waals surface area contributed by atoms with Gasteiger partial charge in [-0.05, 0) is 23.8 Å². The first-order valence-electron chi connectivity index (χ1n) is 8.77. The Morgan fingerprint density at radius 3 is 1.67 bits per heavy atom. The average molecular weight is 316 g/mol. The van der Waals surface area contributed by atoms with Crippen LogP contribution in [-0.4, -0.2) is 0 Å². The molecule has 0 saturated carbocycles. The third kappa shape index (κ3) is 1.89. The maximum atomic E-state index is 13.3. The number of aryl methyl sites for hydroxylation is 1. The maximum Gasteiger partial charge on any atom is 0.194 e. The van der Waals surface area contributed by atoms with Gasteiger partial charge in [0.2, 0.25) is 0 Å². The standard InChI is InChI=1S/C22H20O2/c1-3-7-13-14-9-5-10-16-19(14)20-17(21(23)15(13)8-4-2)11-6-12-18(20)22(16)24/h5-6,9-12H,3-4,7-8H2,1-2H3.